The van der Waals surface area contributed by atoms with Crippen LogP contribution in [0.1, 0.15) is 65.5 Å². The van der Waals surface area contributed by atoms with Crippen molar-refractivity contribution in [2.45, 2.75) is 70.8 Å². The summed E-state index contributed by atoms with van der Waals surface area (Å²) in [6, 6.07) is 6.08. The van der Waals surface area contributed by atoms with Crippen LogP contribution in [-0.4, -0.2) is 17.3 Å². The van der Waals surface area contributed by atoms with Crippen molar-refractivity contribution in [2.75, 3.05) is 6.61 Å². The van der Waals surface area contributed by atoms with Gasteiger partial charge in [-0.2, -0.15) is 0 Å². The van der Waals surface area contributed by atoms with E-state index in [1.165, 1.54) is 18.1 Å². The number of benzene rings is 1. The molecule has 0 heterocycles. The number of phenolic OH excluding ortho intramolecular Hbond substituents is 1. The molecule has 0 unspecified atom stereocenters. The lowest BCUT2D eigenvalue weighted by Gasteiger charge is -2.29. The lowest BCUT2D eigenvalue weighted by atomic mass is 9.76. The molecule has 0 spiro atoms. The van der Waals surface area contributed by atoms with Crippen molar-refractivity contribution < 1.29 is 14.6 Å². The van der Waals surface area contributed by atoms with Gasteiger partial charge in [0.2, 0.25) is 0 Å². The van der Waals surface area contributed by atoms with E-state index >= 15 is 0 Å². The zero-order chi connectivity index (χ0) is 22.7. The highest BCUT2D eigenvalue weighted by Gasteiger charge is 2.25. The van der Waals surface area contributed by atoms with Crippen molar-refractivity contribution in [2.24, 2.45) is 0 Å². The Hall–Kier alpha value is -2.42. The van der Waals surface area contributed by atoms with E-state index in [1.54, 1.807) is 12.2 Å². The maximum atomic E-state index is 10.0. The van der Waals surface area contributed by atoms with Crippen molar-refractivity contribution in [1.82, 2.24) is 0 Å². The third-order valence-electron chi connectivity index (χ3n) is 5.70. The Kier molecular flexibility index (Phi) is 10.6. The Morgan fingerprint density at radius 2 is 1.45 bits per heavy atom. The molecular weight excluding hydrogens is 360 g/mol. The SMILES string of the molecule is C=COCC(C=C)(C=C)OC=C.CCC(C)(C)c1ccc(O)c(C(C)(C)CC)c1. The zero-order valence-electron chi connectivity index (χ0n) is 19.3. The van der Waals surface area contributed by atoms with Gasteiger partial charge in [-0.1, -0.05) is 80.0 Å². The topological polar surface area (TPSA) is 38.7 Å². The van der Waals surface area contributed by atoms with Crippen molar-refractivity contribution in [3.05, 3.63) is 80.3 Å². The van der Waals surface area contributed by atoms with Crippen LogP contribution in [0.5, 0.6) is 5.75 Å². The third kappa shape index (κ3) is 7.49. The van der Waals surface area contributed by atoms with Gasteiger partial charge < -0.3 is 14.6 Å². The summed E-state index contributed by atoms with van der Waals surface area (Å²) in [6.45, 7) is 27.7. The van der Waals surface area contributed by atoms with Crippen LogP contribution in [0, 0.1) is 0 Å². The highest BCUT2D eigenvalue weighted by molar-refractivity contribution is 5.43. The maximum Gasteiger partial charge on any atom is 0.177 e. The normalized spacial score (nSPS) is 11.5. The van der Waals surface area contributed by atoms with Crippen LogP contribution in [0.4, 0.5) is 0 Å². The highest BCUT2D eigenvalue weighted by atomic mass is 16.5. The fraction of sp³-hybridized carbons (Fsp3) is 0.462. The maximum absolute atomic E-state index is 10.0. The summed E-state index contributed by atoms with van der Waals surface area (Å²) < 4.78 is 10.2. The summed E-state index contributed by atoms with van der Waals surface area (Å²) in [6.07, 6.45) is 8.00. The number of hydrogen-bond acceptors (Lipinski definition) is 3. The minimum absolute atomic E-state index is 0.0317. The van der Waals surface area contributed by atoms with Crippen LogP contribution in [0.3, 0.4) is 0 Å². The molecule has 3 heteroatoms. The molecule has 29 heavy (non-hydrogen) atoms. The average molecular weight is 401 g/mol. The van der Waals surface area contributed by atoms with Gasteiger partial charge in [-0.25, -0.2) is 0 Å². The molecule has 0 saturated carbocycles. The first-order valence-electron chi connectivity index (χ1n) is 10.1. The number of hydrogen-bond donors (Lipinski definition) is 1. The molecule has 162 valence electrons. The van der Waals surface area contributed by atoms with Gasteiger partial charge in [0.25, 0.3) is 0 Å². The Morgan fingerprint density at radius 3 is 1.86 bits per heavy atom. The summed E-state index contributed by atoms with van der Waals surface area (Å²) >= 11 is 0. The molecular formula is C26H40O3. The number of aromatic hydroxyl groups is 1. The van der Waals surface area contributed by atoms with E-state index in [2.05, 4.69) is 73.9 Å². The summed E-state index contributed by atoms with van der Waals surface area (Å²) in [4.78, 5) is 0. The molecule has 0 atom stereocenters. The summed E-state index contributed by atoms with van der Waals surface area (Å²) in [5.41, 5.74) is 1.89. The number of ether oxygens (including phenoxy) is 2. The Morgan fingerprint density at radius 1 is 0.897 bits per heavy atom. The molecule has 0 aliphatic carbocycles. The molecule has 0 saturated heterocycles. The first-order valence-corrected chi connectivity index (χ1v) is 10.1. The van der Waals surface area contributed by atoms with Gasteiger partial charge in [0, 0.05) is 0 Å². The molecule has 0 aromatic heterocycles. The second-order valence-electron chi connectivity index (χ2n) is 8.33. The lowest BCUT2D eigenvalue weighted by Crippen LogP contribution is -2.30. The molecule has 1 rings (SSSR count). The van der Waals surface area contributed by atoms with Crippen molar-refractivity contribution >= 4 is 0 Å². The van der Waals surface area contributed by atoms with Crippen molar-refractivity contribution in [3.8, 4) is 5.75 Å². The minimum Gasteiger partial charge on any atom is -0.508 e. The Bertz CT molecular complexity index is 675. The largest absolute Gasteiger partial charge is 0.508 e. The van der Waals surface area contributed by atoms with Crippen LogP contribution >= 0.6 is 0 Å². The van der Waals surface area contributed by atoms with Crippen LogP contribution < -0.4 is 0 Å². The van der Waals surface area contributed by atoms with Gasteiger partial charge in [-0.3, -0.25) is 0 Å². The molecule has 1 aromatic carbocycles. The molecule has 1 aromatic rings. The molecule has 0 aliphatic heterocycles. The molecule has 1 N–H and O–H groups in total. The summed E-state index contributed by atoms with van der Waals surface area (Å²) in [5, 5.41) is 10.0. The lowest BCUT2D eigenvalue weighted by molar-refractivity contribution is 0.0445. The Labute approximate surface area is 178 Å². The smallest absolute Gasteiger partial charge is 0.177 e. The minimum atomic E-state index is -0.698. The van der Waals surface area contributed by atoms with Gasteiger partial charge in [0.1, 0.15) is 12.4 Å². The summed E-state index contributed by atoms with van der Waals surface area (Å²) in [7, 11) is 0. The molecule has 0 aliphatic rings. The van der Waals surface area contributed by atoms with Crippen molar-refractivity contribution in [1.29, 1.82) is 0 Å². The van der Waals surface area contributed by atoms with Gasteiger partial charge in [0.15, 0.2) is 5.60 Å². The average Bonchev–Trinajstić information content (AvgIpc) is 2.71. The van der Waals surface area contributed by atoms with Crippen LogP contribution in [0.25, 0.3) is 0 Å². The molecule has 0 bridgehead atoms. The fourth-order valence-corrected chi connectivity index (χ4v) is 2.57. The second kappa shape index (κ2) is 11.5. The first-order chi connectivity index (χ1) is 13.5. The van der Waals surface area contributed by atoms with Gasteiger partial charge in [-0.15, -0.1) is 0 Å². The van der Waals surface area contributed by atoms with Crippen LogP contribution in [-0.2, 0) is 20.3 Å². The highest BCUT2D eigenvalue weighted by Crippen LogP contribution is 2.37. The van der Waals surface area contributed by atoms with E-state index in [0.29, 0.717) is 12.4 Å². The van der Waals surface area contributed by atoms with E-state index in [-0.39, 0.29) is 10.8 Å². The quantitative estimate of drug-likeness (QED) is 0.316. The monoisotopic (exact) mass is 400 g/mol. The third-order valence-corrected chi connectivity index (χ3v) is 5.70. The molecule has 0 amide bonds. The van der Waals surface area contributed by atoms with E-state index in [0.717, 1.165) is 18.4 Å². The number of rotatable bonds is 11. The zero-order valence-corrected chi connectivity index (χ0v) is 19.3. The molecule has 0 radical (unpaired) electrons. The fourth-order valence-electron chi connectivity index (χ4n) is 2.57. The predicted octanol–water partition coefficient (Wildman–Crippen LogP) is 7.18. The van der Waals surface area contributed by atoms with E-state index in [9.17, 15) is 5.11 Å². The van der Waals surface area contributed by atoms with E-state index in [1.807, 2.05) is 12.1 Å². The molecule has 0 fully saturated rings. The van der Waals surface area contributed by atoms with E-state index < -0.39 is 5.60 Å². The van der Waals surface area contributed by atoms with E-state index in [4.69, 9.17) is 9.47 Å². The van der Waals surface area contributed by atoms with Gasteiger partial charge in [0.05, 0.1) is 12.5 Å². The first kappa shape index (κ1) is 26.6. The molecule has 3 nitrogen and oxygen atoms in total. The Balaban J connectivity index is 0.000000578. The van der Waals surface area contributed by atoms with Crippen LogP contribution in [0.2, 0.25) is 0 Å². The van der Waals surface area contributed by atoms with Gasteiger partial charge in [-0.05, 0) is 53.0 Å². The van der Waals surface area contributed by atoms with Crippen molar-refractivity contribution in [3.63, 3.8) is 0 Å². The number of phenols is 1. The second-order valence-corrected chi connectivity index (χ2v) is 8.33. The predicted molar refractivity (Wildman–Crippen MR) is 125 cm³/mol. The van der Waals surface area contributed by atoms with Crippen LogP contribution in [0.15, 0.2) is 69.2 Å². The summed E-state index contributed by atoms with van der Waals surface area (Å²) in [5.74, 6) is 0.424. The standard InChI is InChI=1S/C16H26O.C10H14O2/c1-7-15(3,4)12-9-10-14(17)13(11-12)16(5,6)8-2;1-5-10(6-2,12-8-4)9-11-7-3/h9-11,17H,7-8H2,1-6H3;5-8H,1-4,9H2. The van der Waals surface area contributed by atoms with Gasteiger partial charge >= 0.3 is 0 Å².